The van der Waals surface area contributed by atoms with Crippen LogP contribution in [0.2, 0.25) is 0 Å². The highest BCUT2D eigenvalue weighted by atomic mass is 15.2. The lowest BCUT2D eigenvalue weighted by Crippen LogP contribution is -2.39. The number of nitrogens with one attached hydrogen (secondary N) is 1. The molecule has 1 aliphatic heterocycles. The van der Waals surface area contributed by atoms with Gasteiger partial charge < -0.3 is 10.2 Å². The summed E-state index contributed by atoms with van der Waals surface area (Å²) in [6.45, 7) is 13.5. The van der Waals surface area contributed by atoms with Crippen LogP contribution in [0.3, 0.4) is 0 Å². The highest BCUT2D eigenvalue weighted by Crippen LogP contribution is 2.35. The van der Waals surface area contributed by atoms with Gasteiger partial charge in [-0.2, -0.15) is 0 Å². The zero-order valence-corrected chi connectivity index (χ0v) is 14.2. The maximum absolute atomic E-state index is 4.66. The molecule has 2 rings (SSSR count). The molecular weight excluding hydrogens is 258 g/mol. The first-order valence-corrected chi connectivity index (χ1v) is 8.43. The Hall–Kier alpha value is -1.09. The molecule has 0 spiro atoms. The number of pyridine rings is 1. The zero-order valence-electron chi connectivity index (χ0n) is 14.2. The summed E-state index contributed by atoms with van der Waals surface area (Å²) in [6.07, 6.45) is 5.76. The second-order valence-corrected chi connectivity index (χ2v) is 7.16. The summed E-state index contributed by atoms with van der Waals surface area (Å²) >= 11 is 0. The fourth-order valence-electron chi connectivity index (χ4n) is 2.96. The summed E-state index contributed by atoms with van der Waals surface area (Å²) in [5, 5.41) is 3.54. The predicted molar refractivity (Wildman–Crippen MR) is 90.6 cm³/mol. The highest BCUT2D eigenvalue weighted by molar-refractivity contribution is 5.47. The normalized spacial score (nSPS) is 18.2. The van der Waals surface area contributed by atoms with Gasteiger partial charge in [-0.15, -0.1) is 0 Å². The summed E-state index contributed by atoms with van der Waals surface area (Å²) in [7, 11) is 0. The van der Waals surface area contributed by atoms with Crippen molar-refractivity contribution >= 4 is 5.82 Å². The molecule has 1 aromatic heterocycles. The minimum absolute atomic E-state index is 0.529. The van der Waals surface area contributed by atoms with Crippen molar-refractivity contribution in [3.8, 4) is 0 Å². The van der Waals surface area contributed by atoms with Crippen molar-refractivity contribution in [2.24, 2.45) is 11.3 Å². The van der Waals surface area contributed by atoms with Crippen molar-refractivity contribution in [1.29, 1.82) is 0 Å². The lowest BCUT2D eigenvalue weighted by Gasteiger charge is -2.40. The monoisotopic (exact) mass is 289 g/mol. The maximum atomic E-state index is 4.66. The number of hydrogen-bond acceptors (Lipinski definition) is 3. The van der Waals surface area contributed by atoms with Gasteiger partial charge in [0.25, 0.3) is 0 Å². The van der Waals surface area contributed by atoms with Crippen LogP contribution >= 0.6 is 0 Å². The van der Waals surface area contributed by atoms with Gasteiger partial charge in [0.1, 0.15) is 5.82 Å². The molecule has 0 bridgehead atoms. The third kappa shape index (κ3) is 4.44. The summed E-state index contributed by atoms with van der Waals surface area (Å²) in [5.41, 5.74) is 1.86. The van der Waals surface area contributed by atoms with Gasteiger partial charge in [0.2, 0.25) is 0 Å². The Labute approximate surface area is 130 Å². The van der Waals surface area contributed by atoms with Crippen LogP contribution in [0.15, 0.2) is 18.3 Å². The van der Waals surface area contributed by atoms with Crippen molar-refractivity contribution in [2.45, 2.75) is 53.5 Å². The van der Waals surface area contributed by atoms with Crippen LogP contribution in [-0.2, 0) is 6.54 Å². The fourth-order valence-corrected chi connectivity index (χ4v) is 2.96. The van der Waals surface area contributed by atoms with Crippen molar-refractivity contribution in [3.63, 3.8) is 0 Å². The Morgan fingerprint density at radius 3 is 2.67 bits per heavy atom. The Morgan fingerprint density at radius 1 is 1.33 bits per heavy atom. The van der Waals surface area contributed by atoms with Crippen LogP contribution in [0.1, 0.15) is 52.5 Å². The second-order valence-electron chi connectivity index (χ2n) is 7.16. The molecule has 1 aromatic rings. The number of aromatic nitrogens is 1. The largest absolute Gasteiger partial charge is 0.356 e. The van der Waals surface area contributed by atoms with E-state index in [9.17, 15) is 0 Å². The summed E-state index contributed by atoms with van der Waals surface area (Å²) < 4.78 is 0. The van der Waals surface area contributed by atoms with Crippen LogP contribution in [-0.4, -0.2) is 24.6 Å². The van der Waals surface area contributed by atoms with Gasteiger partial charge in [-0.3, -0.25) is 0 Å². The Bertz CT molecular complexity index is 434. The van der Waals surface area contributed by atoms with Gasteiger partial charge in [0, 0.05) is 31.4 Å². The lowest BCUT2D eigenvalue weighted by atomic mass is 9.78. The van der Waals surface area contributed by atoms with E-state index in [0.717, 1.165) is 26.2 Å². The predicted octanol–water partition coefficient (Wildman–Crippen LogP) is 3.84. The molecule has 1 fully saturated rings. The minimum Gasteiger partial charge on any atom is -0.356 e. The molecule has 0 aromatic carbocycles. The average Bonchev–Trinajstić information content (AvgIpc) is 2.48. The molecule has 1 saturated heterocycles. The average molecular weight is 289 g/mol. The van der Waals surface area contributed by atoms with E-state index in [1.165, 1.54) is 30.6 Å². The van der Waals surface area contributed by atoms with Gasteiger partial charge in [0.05, 0.1) is 0 Å². The molecule has 3 heteroatoms. The van der Waals surface area contributed by atoms with Gasteiger partial charge in [-0.25, -0.2) is 4.98 Å². The van der Waals surface area contributed by atoms with Crippen molar-refractivity contribution in [2.75, 3.05) is 24.5 Å². The molecule has 0 aliphatic carbocycles. The van der Waals surface area contributed by atoms with Gasteiger partial charge >= 0.3 is 0 Å². The molecule has 1 aliphatic rings. The molecular formula is C18H31N3. The molecule has 0 unspecified atom stereocenters. The summed E-state index contributed by atoms with van der Waals surface area (Å²) in [4.78, 5) is 7.14. The molecule has 0 amide bonds. The first kappa shape index (κ1) is 16.3. The first-order valence-electron chi connectivity index (χ1n) is 8.43. The van der Waals surface area contributed by atoms with E-state index in [-0.39, 0.29) is 0 Å². The molecule has 0 atom stereocenters. The highest BCUT2D eigenvalue weighted by Gasteiger charge is 2.29. The number of hydrogen-bond donors (Lipinski definition) is 1. The van der Waals surface area contributed by atoms with Gasteiger partial charge in [0.15, 0.2) is 0 Å². The quantitative estimate of drug-likeness (QED) is 0.862. The van der Waals surface area contributed by atoms with E-state index in [4.69, 9.17) is 0 Å². The SMILES string of the molecule is CCC1(C)CCN(c2ncccc2CNCC(C)C)CC1. The third-order valence-corrected chi connectivity index (χ3v) is 4.86. The molecule has 0 saturated carbocycles. The third-order valence-electron chi connectivity index (χ3n) is 4.86. The van der Waals surface area contributed by atoms with Crippen molar-refractivity contribution < 1.29 is 0 Å². The van der Waals surface area contributed by atoms with Crippen molar-refractivity contribution in [1.82, 2.24) is 10.3 Å². The second kappa shape index (κ2) is 7.26. The zero-order chi connectivity index (χ0) is 15.3. The minimum atomic E-state index is 0.529. The molecule has 2 heterocycles. The number of piperidine rings is 1. The van der Waals surface area contributed by atoms with Crippen LogP contribution in [0.5, 0.6) is 0 Å². The van der Waals surface area contributed by atoms with E-state index < -0.39 is 0 Å². The number of anilines is 1. The van der Waals surface area contributed by atoms with Crippen LogP contribution < -0.4 is 10.2 Å². The number of rotatable bonds is 6. The van der Waals surface area contributed by atoms with Crippen LogP contribution in [0, 0.1) is 11.3 Å². The van der Waals surface area contributed by atoms with E-state index in [2.05, 4.69) is 55.0 Å². The Balaban J connectivity index is 2.00. The van der Waals surface area contributed by atoms with Gasteiger partial charge in [-0.05, 0) is 36.8 Å². The maximum Gasteiger partial charge on any atom is 0.133 e. The molecule has 0 radical (unpaired) electrons. The summed E-state index contributed by atoms with van der Waals surface area (Å²) in [6, 6.07) is 4.26. The number of nitrogens with zero attached hydrogens (tertiary/aromatic N) is 2. The van der Waals surface area contributed by atoms with Crippen LogP contribution in [0.25, 0.3) is 0 Å². The standard InChI is InChI=1S/C18H31N3/c1-5-18(4)8-11-21(12-9-18)17-16(7-6-10-20-17)14-19-13-15(2)3/h6-7,10,15,19H,5,8-9,11-14H2,1-4H3. The topological polar surface area (TPSA) is 28.2 Å². The van der Waals surface area contributed by atoms with Crippen LogP contribution in [0.4, 0.5) is 5.82 Å². The van der Waals surface area contributed by atoms with E-state index in [1.54, 1.807) is 0 Å². The smallest absolute Gasteiger partial charge is 0.133 e. The van der Waals surface area contributed by atoms with Gasteiger partial charge in [-0.1, -0.05) is 40.2 Å². The van der Waals surface area contributed by atoms with Crippen molar-refractivity contribution in [3.05, 3.63) is 23.9 Å². The van der Waals surface area contributed by atoms with E-state index in [0.29, 0.717) is 11.3 Å². The Kier molecular flexibility index (Phi) is 5.63. The van der Waals surface area contributed by atoms with E-state index in [1.807, 2.05) is 6.20 Å². The lowest BCUT2D eigenvalue weighted by molar-refractivity contribution is 0.237. The molecule has 3 nitrogen and oxygen atoms in total. The molecule has 118 valence electrons. The fraction of sp³-hybridized carbons (Fsp3) is 0.722. The first-order chi connectivity index (χ1) is 10.0. The Morgan fingerprint density at radius 2 is 2.05 bits per heavy atom. The molecule has 1 N–H and O–H groups in total. The molecule has 21 heavy (non-hydrogen) atoms. The summed E-state index contributed by atoms with van der Waals surface area (Å²) in [5.74, 6) is 1.87. The van der Waals surface area contributed by atoms with E-state index >= 15 is 0 Å².